The van der Waals surface area contributed by atoms with Crippen molar-refractivity contribution in [2.75, 3.05) is 0 Å². The van der Waals surface area contributed by atoms with E-state index in [0.29, 0.717) is 22.6 Å². The zero-order valence-electron chi connectivity index (χ0n) is 22.6. The molecule has 0 aliphatic heterocycles. The maximum atomic E-state index is 14.7. The second-order valence-electron chi connectivity index (χ2n) is 9.97. The van der Waals surface area contributed by atoms with Gasteiger partial charge in [-0.1, -0.05) is 54.1 Å². The van der Waals surface area contributed by atoms with Crippen molar-refractivity contribution >= 4 is 28.5 Å². The number of hydrogen-bond donors (Lipinski definition) is 1. The first kappa shape index (κ1) is 29.1. The third-order valence-electron chi connectivity index (χ3n) is 7.19. The fraction of sp³-hybridized carbons (Fsp3) is 0.188. The first-order chi connectivity index (χ1) is 19.9. The zero-order valence-corrected chi connectivity index (χ0v) is 23.4. The molecule has 1 aromatic heterocycles. The molecule has 10 heteroatoms. The molecule has 1 heterocycles. The van der Waals surface area contributed by atoms with Gasteiger partial charge in [0.15, 0.2) is 0 Å². The average molecular weight is 597 g/mol. The summed E-state index contributed by atoms with van der Waals surface area (Å²) < 4.78 is 63.9. The van der Waals surface area contributed by atoms with Gasteiger partial charge in [-0.3, -0.25) is 9.48 Å². The molecular formula is C32H25ClF4N2O3. The predicted molar refractivity (Wildman–Crippen MR) is 152 cm³/mol. The highest BCUT2D eigenvalue weighted by atomic mass is 35.5. The summed E-state index contributed by atoms with van der Waals surface area (Å²) in [6.07, 6.45) is -4.75. The third-order valence-corrected chi connectivity index (χ3v) is 7.42. The summed E-state index contributed by atoms with van der Waals surface area (Å²) in [6, 6.07) is 18.4. The number of ether oxygens (including phenoxy) is 1. The number of carboxylic acids is 1. The highest BCUT2D eigenvalue weighted by Crippen LogP contribution is 2.39. The maximum Gasteiger partial charge on any atom is 0.418 e. The van der Waals surface area contributed by atoms with Gasteiger partial charge in [-0.15, -0.1) is 0 Å². The summed E-state index contributed by atoms with van der Waals surface area (Å²) in [4.78, 5) is 11.3. The van der Waals surface area contributed by atoms with Crippen molar-refractivity contribution in [3.05, 3.63) is 117 Å². The van der Waals surface area contributed by atoms with Crippen LogP contribution in [-0.4, -0.2) is 20.9 Å². The summed E-state index contributed by atoms with van der Waals surface area (Å²) >= 11 is 5.90. The molecule has 5 rings (SSSR count). The van der Waals surface area contributed by atoms with E-state index in [2.05, 4.69) is 5.10 Å². The minimum Gasteiger partial charge on any atom is -0.489 e. The standard InChI is InChI=1S/C32H25ClF4N2O3/c1-18-9-10-20(14-29(40)41)19(2)26(18)17-42-24-6-3-5-21(13-24)31-25-7-4-8-27(32(35,36)37)30(25)38-39(31)16-22-11-12-23(33)15-28(22)34/h3-13,15H,14,16-17H2,1-2H3,(H,40,41). The number of benzene rings is 4. The molecule has 0 radical (unpaired) electrons. The van der Waals surface area contributed by atoms with E-state index in [-0.39, 0.29) is 41.1 Å². The molecular weight excluding hydrogens is 572 g/mol. The van der Waals surface area contributed by atoms with Gasteiger partial charge in [0.05, 0.1) is 24.2 Å². The molecule has 0 aliphatic carbocycles. The first-order valence-electron chi connectivity index (χ1n) is 13.0. The van der Waals surface area contributed by atoms with Crippen LogP contribution in [0.1, 0.15) is 33.4 Å². The van der Waals surface area contributed by atoms with Crippen molar-refractivity contribution in [2.45, 2.75) is 39.6 Å². The van der Waals surface area contributed by atoms with Crippen LogP contribution in [0.3, 0.4) is 0 Å². The van der Waals surface area contributed by atoms with Crippen LogP contribution in [0.4, 0.5) is 17.6 Å². The number of carbonyl (C=O) groups is 1. The Labute approximate surface area is 243 Å². The third kappa shape index (κ3) is 5.97. The number of aryl methyl sites for hydroxylation is 1. The molecule has 0 saturated carbocycles. The first-order valence-corrected chi connectivity index (χ1v) is 13.3. The topological polar surface area (TPSA) is 64.3 Å². The fourth-order valence-corrected chi connectivity index (χ4v) is 5.18. The Bertz CT molecular complexity index is 1810. The number of carboxylic acid groups (broad SMARTS) is 1. The Morgan fingerprint density at radius 2 is 1.74 bits per heavy atom. The van der Waals surface area contributed by atoms with Gasteiger partial charge in [-0.2, -0.15) is 18.3 Å². The maximum absolute atomic E-state index is 14.7. The summed E-state index contributed by atoms with van der Waals surface area (Å²) in [7, 11) is 0. The molecule has 5 aromatic rings. The number of halogens is 5. The van der Waals surface area contributed by atoms with Gasteiger partial charge < -0.3 is 9.84 Å². The second kappa shape index (κ2) is 11.5. The lowest BCUT2D eigenvalue weighted by Gasteiger charge is -2.15. The number of aromatic nitrogens is 2. The summed E-state index contributed by atoms with van der Waals surface area (Å²) in [5, 5.41) is 14.0. The Morgan fingerprint density at radius 3 is 2.45 bits per heavy atom. The summed E-state index contributed by atoms with van der Waals surface area (Å²) in [5.41, 5.74) is 3.26. The number of nitrogens with zero attached hydrogens (tertiary/aromatic N) is 2. The molecule has 4 aromatic carbocycles. The lowest BCUT2D eigenvalue weighted by molar-refractivity contribution is -0.137. The van der Waals surface area contributed by atoms with Gasteiger partial charge in [-0.25, -0.2) is 4.39 Å². The van der Waals surface area contributed by atoms with Crippen molar-refractivity contribution in [3.63, 3.8) is 0 Å². The van der Waals surface area contributed by atoms with E-state index in [1.54, 1.807) is 36.4 Å². The lowest BCUT2D eigenvalue weighted by Crippen LogP contribution is -2.08. The van der Waals surface area contributed by atoms with Crippen molar-refractivity contribution in [1.29, 1.82) is 0 Å². The molecule has 0 amide bonds. The van der Waals surface area contributed by atoms with Crippen LogP contribution in [0.5, 0.6) is 5.75 Å². The van der Waals surface area contributed by atoms with Gasteiger partial charge in [0, 0.05) is 21.5 Å². The highest BCUT2D eigenvalue weighted by molar-refractivity contribution is 6.30. The molecule has 0 saturated heterocycles. The fourth-order valence-electron chi connectivity index (χ4n) is 5.02. The monoisotopic (exact) mass is 596 g/mol. The van der Waals surface area contributed by atoms with Crippen molar-refractivity contribution in [1.82, 2.24) is 9.78 Å². The van der Waals surface area contributed by atoms with E-state index in [9.17, 15) is 27.5 Å². The Morgan fingerprint density at radius 1 is 1.00 bits per heavy atom. The molecule has 0 spiro atoms. The number of fused-ring (bicyclic) bond motifs is 1. The van der Waals surface area contributed by atoms with Gasteiger partial charge in [0.25, 0.3) is 0 Å². The quantitative estimate of drug-likeness (QED) is 0.183. The van der Waals surface area contributed by atoms with Crippen LogP contribution in [0.15, 0.2) is 72.8 Å². The lowest BCUT2D eigenvalue weighted by atomic mass is 9.96. The van der Waals surface area contributed by atoms with E-state index in [0.717, 1.165) is 28.8 Å². The molecule has 42 heavy (non-hydrogen) atoms. The van der Waals surface area contributed by atoms with Gasteiger partial charge in [0.1, 0.15) is 23.7 Å². The van der Waals surface area contributed by atoms with Crippen molar-refractivity contribution in [3.8, 4) is 17.0 Å². The van der Waals surface area contributed by atoms with Crippen LogP contribution in [0.25, 0.3) is 22.2 Å². The average Bonchev–Trinajstić information content (AvgIpc) is 3.29. The minimum absolute atomic E-state index is 0.111. The summed E-state index contributed by atoms with van der Waals surface area (Å²) in [6.45, 7) is 3.78. The summed E-state index contributed by atoms with van der Waals surface area (Å²) in [5.74, 6) is -1.09. The number of rotatable bonds is 8. The molecule has 5 nitrogen and oxygen atoms in total. The van der Waals surface area contributed by atoms with E-state index in [1.807, 2.05) is 19.9 Å². The minimum atomic E-state index is -4.64. The molecule has 0 unspecified atom stereocenters. The van der Waals surface area contributed by atoms with Gasteiger partial charge in [0.2, 0.25) is 0 Å². The molecule has 0 aliphatic rings. The molecule has 0 fully saturated rings. The molecule has 0 bridgehead atoms. The van der Waals surface area contributed by atoms with Gasteiger partial charge in [-0.05, 0) is 66.4 Å². The van der Waals surface area contributed by atoms with Crippen molar-refractivity contribution < 1.29 is 32.2 Å². The normalized spacial score (nSPS) is 11.7. The number of alkyl halides is 3. The number of hydrogen-bond acceptors (Lipinski definition) is 3. The Hall–Kier alpha value is -4.37. The Balaban J connectivity index is 1.56. The van der Waals surface area contributed by atoms with Crippen LogP contribution in [0, 0.1) is 19.7 Å². The molecule has 0 atom stereocenters. The highest BCUT2D eigenvalue weighted by Gasteiger charge is 2.34. The van der Waals surface area contributed by atoms with E-state index < -0.39 is 23.5 Å². The SMILES string of the molecule is Cc1ccc(CC(=O)O)c(C)c1COc1cccc(-c2c3cccc(C(F)(F)F)c3nn2Cc2ccc(Cl)cc2F)c1. The second-order valence-corrected chi connectivity index (χ2v) is 10.4. The van der Waals surface area contributed by atoms with Crippen LogP contribution < -0.4 is 4.74 Å². The zero-order chi connectivity index (χ0) is 30.2. The van der Waals surface area contributed by atoms with E-state index in [1.165, 1.54) is 22.9 Å². The smallest absolute Gasteiger partial charge is 0.418 e. The van der Waals surface area contributed by atoms with Gasteiger partial charge >= 0.3 is 12.1 Å². The van der Waals surface area contributed by atoms with Crippen LogP contribution in [0.2, 0.25) is 5.02 Å². The van der Waals surface area contributed by atoms with Crippen LogP contribution in [-0.2, 0) is 30.5 Å². The van der Waals surface area contributed by atoms with Crippen LogP contribution >= 0.6 is 11.6 Å². The molecule has 1 N–H and O–H groups in total. The van der Waals surface area contributed by atoms with Crippen molar-refractivity contribution in [2.24, 2.45) is 0 Å². The number of aliphatic carboxylic acids is 1. The molecule has 216 valence electrons. The largest absolute Gasteiger partial charge is 0.489 e. The predicted octanol–water partition coefficient (Wildman–Crippen LogP) is 8.39. The van der Waals surface area contributed by atoms with E-state index >= 15 is 0 Å². The van der Waals surface area contributed by atoms with E-state index in [4.69, 9.17) is 16.3 Å². The Kier molecular flexibility index (Phi) is 7.97.